The van der Waals surface area contributed by atoms with E-state index in [1.54, 1.807) is 0 Å². The standard InChI is InChI=1S/C29H43NO3S/c1-6-7-8-11-22-17-26(31)28(25-16-21(4)13-14-24(25)20(2)3)27(18-22)33-29(32)34-15-10-9-12-23-19-30(23)5/h16-18,23-25,31H,2,6-15,19H2,1,3-5H3/t23?,24-,25+,30?/m0/s1. The van der Waals surface area contributed by atoms with Crippen LogP contribution in [0.15, 0.2) is 35.9 Å². The summed E-state index contributed by atoms with van der Waals surface area (Å²) >= 11 is 1.25. The van der Waals surface area contributed by atoms with E-state index in [0.29, 0.717) is 5.75 Å². The highest BCUT2D eigenvalue weighted by Gasteiger charge is 2.31. The number of rotatable bonds is 12. The first-order valence-corrected chi connectivity index (χ1v) is 14.0. The molecule has 0 amide bonds. The quantitative estimate of drug-likeness (QED) is 0.141. The number of thioether (sulfide) groups is 1. The highest BCUT2D eigenvalue weighted by atomic mass is 32.2. The van der Waals surface area contributed by atoms with Gasteiger partial charge in [-0.15, -0.1) is 0 Å². The van der Waals surface area contributed by atoms with E-state index >= 15 is 0 Å². The van der Waals surface area contributed by atoms with Crippen molar-refractivity contribution in [3.8, 4) is 11.5 Å². The molecule has 188 valence electrons. The first kappa shape index (κ1) is 26.9. The van der Waals surface area contributed by atoms with E-state index in [2.05, 4.69) is 45.4 Å². The Labute approximate surface area is 210 Å². The first-order valence-electron chi connectivity index (χ1n) is 13.0. The molecule has 0 aromatic heterocycles. The van der Waals surface area contributed by atoms with Gasteiger partial charge in [0.15, 0.2) is 0 Å². The molecule has 0 spiro atoms. The monoisotopic (exact) mass is 485 g/mol. The summed E-state index contributed by atoms with van der Waals surface area (Å²) in [6.07, 6.45) is 11.8. The fourth-order valence-electron chi connectivity index (χ4n) is 5.07. The molecule has 0 bridgehead atoms. The number of hydrogen-bond acceptors (Lipinski definition) is 5. The van der Waals surface area contributed by atoms with Crippen molar-refractivity contribution in [2.45, 2.75) is 90.5 Å². The van der Waals surface area contributed by atoms with E-state index < -0.39 is 0 Å². The topological polar surface area (TPSA) is 49.5 Å². The molecule has 34 heavy (non-hydrogen) atoms. The van der Waals surface area contributed by atoms with Gasteiger partial charge in [0.2, 0.25) is 0 Å². The first-order chi connectivity index (χ1) is 16.3. The van der Waals surface area contributed by atoms with Gasteiger partial charge in [0.05, 0.1) is 0 Å². The molecule has 4 nitrogen and oxygen atoms in total. The van der Waals surface area contributed by atoms with Crippen molar-refractivity contribution >= 4 is 17.1 Å². The number of unbranched alkanes of at least 4 members (excludes halogenated alkanes) is 3. The van der Waals surface area contributed by atoms with Crippen molar-refractivity contribution in [3.63, 3.8) is 0 Å². The number of ether oxygens (including phenoxy) is 1. The summed E-state index contributed by atoms with van der Waals surface area (Å²) < 4.78 is 5.94. The van der Waals surface area contributed by atoms with Crippen LogP contribution in [0.2, 0.25) is 0 Å². The van der Waals surface area contributed by atoms with Gasteiger partial charge in [0.25, 0.3) is 0 Å². The van der Waals surface area contributed by atoms with Gasteiger partial charge < -0.3 is 14.7 Å². The van der Waals surface area contributed by atoms with Gasteiger partial charge in [-0.05, 0) is 94.8 Å². The highest BCUT2D eigenvalue weighted by molar-refractivity contribution is 8.13. The lowest BCUT2D eigenvalue weighted by atomic mass is 9.73. The highest BCUT2D eigenvalue weighted by Crippen LogP contribution is 2.47. The number of phenolic OH excluding ortho intramolecular Hbond substituents is 1. The van der Waals surface area contributed by atoms with Crippen LogP contribution < -0.4 is 4.74 Å². The lowest BCUT2D eigenvalue weighted by Crippen LogP contribution is -2.18. The van der Waals surface area contributed by atoms with Crippen LogP contribution in [0.3, 0.4) is 0 Å². The average molecular weight is 486 g/mol. The molecule has 1 saturated heterocycles. The molecule has 0 saturated carbocycles. The Morgan fingerprint density at radius 2 is 2.03 bits per heavy atom. The number of benzene rings is 1. The zero-order valence-corrected chi connectivity index (χ0v) is 22.4. The van der Waals surface area contributed by atoms with E-state index in [1.807, 2.05) is 12.1 Å². The Bertz CT molecular complexity index is 894. The maximum Gasteiger partial charge on any atom is 0.372 e. The van der Waals surface area contributed by atoms with Crippen molar-refractivity contribution in [2.24, 2.45) is 5.92 Å². The van der Waals surface area contributed by atoms with E-state index in [4.69, 9.17) is 4.74 Å². The molecule has 3 rings (SSSR count). The zero-order chi connectivity index (χ0) is 24.7. The van der Waals surface area contributed by atoms with E-state index in [-0.39, 0.29) is 22.9 Å². The Balaban J connectivity index is 1.75. The lowest BCUT2D eigenvalue weighted by Gasteiger charge is -2.32. The fourth-order valence-corrected chi connectivity index (χ4v) is 5.73. The number of nitrogens with zero attached hydrogens (tertiary/aromatic N) is 1. The van der Waals surface area contributed by atoms with Crippen LogP contribution in [-0.4, -0.2) is 40.7 Å². The minimum absolute atomic E-state index is 0.0285. The maximum atomic E-state index is 12.8. The Hall–Kier alpha value is -1.72. The molecule has 1 aliphatic carbocycles. The number of aryl methyl sites for hydroxylation is 1. The van der Waals surface area contributed by atoms with Crippen molar-refractivity contribution in [1.82, 2.24) is 4.90 Å². The van der Waals surface area contributed by atoms with Crippen molar-refractivity contribution in [2.75, 3.05) is 19.3 Å². The molecule has 1 aliphatic heterocycles. The van der Waals surface area contributed by atoms with Crippen molar-refractivity contribution < 1.29 is 14.6 Å². The molecular formula is C29H43NO3S. The van der Waals surface area contributed by atoms with Crippen LogP contribution in [0, 0.1) is 5.92 Å². The molecule has 1 heterocycles. The summed E-state index contributed by atoms with van der Waals surface area (Å²) in [5, 5.41) is 10.9. The number of aromatic hydroxyl groups is 1. The van der Waals surface area contributed by atoms with Crippen LogP contribution in [0.25, 0.3) is 0 Å². The van der Waals surface area contributed by atoms with Gasteiger partial charge in [-0.2, -0.15) is 0 Å². The fraction of sp³-hybridized carbons (Fsp3) is 0.621. The number of hydrogen-bond donors (Lipinski definition) is 1. The SMILES string of the molecule is C=C(C)[C@@H]1CCC(C)=C[C@H]1c1c(O)cc(CCCCC)cc1OC(=O)SCCCCC1CN1C. The molecule has 1 aromatic carbocycles. The van der Waals surface area contributed by atoms with Gasteiger partial charge in [0.1, 0.15) is 11.5 Å². The number of phenols is 1. The predicted molar refractivity (Wildman–Crippen MR) is 144 cm³/mol. The van der Waals surface area contributed by atoms with Crippen molar-refractivity contribution in [1.29, 1.82) is 0 Å². The molecule has 2 unspecified atom stereocenters. The smallest absolute Gasteiger partial charge is 0.372 e. The third-order valence-electron chi connectivity index (χ3n) is 7.30. The van der Waals surface area contributed by atoms with Crippen molar-refractivity contribution in [3.05, 3.63) is 47.1 Å². The molecular weight excluding hydrogens is 442 g/mol. The Morgan fingerprint density at radius 3 is 2.71 bits per heavy atom. The summed E-state index contributed by atoms with van der Waals surface area (Å²) in [5.74, 6) is 1.72. The van der Waals surface area contributed by atoms with E-state index in [1.165, 1.54) is 30.3 Å². The summed E-state index contributed by atoms with van der Waals surface area (Å²) in [4.78, 5) is 15.1. The van der Waals surface area contributed by atoms with Crippen LogP contribution >= 0.6 is 11.8 Å². The summed E-state index contributed by atoms with van der Waals surface area (Å²) in [5.41, 5.74) is 4.17. The summed E-state index contributed by atoms with van der Waals surface area (Å²) in [7, 11) is 2.15. The normalized spacial score (nSPS) is 23.9. The number of allylic oxidation sites excluding steroid dienone is 3. The lowest BCUT2D eigenvalue weighted by molar-refractivity contribution is 0.226. The third-order valence-corrected chi connectivity index (χ3v) is 8.11. The van der Waals surface area contributed by atoms with Gasteiger partial charge in [0, 0.05) is 29.8 Å². The van der Waals surface area contributed by atoms with Crippen LogP contribution in [0.5, 0.6) is 11.5 Å². The summed E-state index contributed by atoms with van der Waals surface area (Å²) in [6, 6.07) is 4.60. The average Bonchev–Trinajstić information content (AvgIpc) is 3.48. The Kier molecular flexibility index (Phi) is 10.1. The second kappa shape index (κ2) is 12.8. The second-order valence-corrected chi connectivity index (χ2v) is 11.3. The number of carbonyl (C=O) groups is 1. The van der Waals surface area contributed by atoms with E-state index in [0.717, 1.165) is 79.9 Å². The molecule has 5 heteroatoms. The largest absolute Gasteiger partial charge is 0.507 e. The van der Waals surface area contributed by atoms with Gasteiger partial charge in [-0.25, -0.2) is 4.79 Å². The molecule has 1 fully saturated rings. The van der Waals surface area contributed by atoms with Crippen LogP contribution in [0.1, 0.15) is 89.2 Å². The minimum Gasteiger partial charge on any atom is -0.507 e. The maximum absolute atomic E-state index is 12.8. The molecule has 1 N–H and O–H groups in total. The van der Waals surface area contributed by atoms with Crippen LogP contribution in [0.4, 0.5) is 4.79 Å². The minimum atomic E-state index is -0.279. The Morgan fingerprint density at radius 1 is 1.26 bits per heavy atom. The number of carbonyl (C=O) groups excluding carboxylic acids is 1. The molecule has 4 atom stereocenters. The molecule has 2 aliphatic rings. The zero-order valence-electron chi connectivity index (χ0n) is 21.6. The van der Waals surface area contributed by atoms with Gasteiger partial charge >= 0.3 is 5.30 Å². The third kappa shape index (κ3) is 7.64. The molecule has 0 radical (unpaired) electrons. The van der Waals surface area contributed by atoms with Crippen LogP contribution in [-0.2, 0) is 6.42 Å². The second-order valence-electron chi connectivity index (χ2n) is 10.3. The van der Waals surface area contributed by atoms with E-state index in [9.17, 15) is 9.90 Å². The molecule has 1 aromatic rings. The predicted octanol–water partition coefficient (Wildman–Crippen LogP) is 7.86. The number of likely N-dealkylation sites (N-methyl/N-ethyl adjacent to an activating group) is 1. The summed E-state index contributed by atoms with van der Waals surface area (Å²) in [6.45, 7) is 11.8. The van der Waals surface area contributed by atoms with Gasteiger partial charge in [-0.1, -0.05) is 50.0 Å². The van der Waals surface area contributed by atoms with Gasteiger partial charge in [-0.3, -0.25) is 0 Å².